The molecule has 2 unspecified atom stereocenters. The Labute approximate surface area is 202 Å². The Bertz CT molecular complexity index is 1030. The molecule has 0 radical (unpaired) electrons. The fourth-order valence-electron chi connectivity index (χ4n) is 3.69. The molecular weight excluding hydrogens is 458 g/mol. The molecule has 35 heavy (non-hydrogen) atoms. The van der Waals surface area contributed by atoms with Gasteiger partial charge in [-0.1, -0.05) is 0 Å². The molecule has 188 valence electrons. The van der Waals surface area contributed by atoms with Crippen LogP contribution in [0.15, 0.2) is 48.5 Å². The number of carbonyl (C=O) groups is 1. The number of ether oxygens (including phenoxy) is 3. The van der Waals surface area contributed by atoms with Gasteiger partial charge in [-0.15, -0.1) is 0 Å². The molecule has 2 atom stereocenters. The van der Waals surface area contributed by atoms with Gasteiger partial charge in [-0.25, -0.2) is 4.79 Å². The van der Waals surface area contributed by atoms with Crippen molar-refractivity contribution in [1.29, 1.82) is 0 Å². The topological polar surface area (TPSA) is 134 Å². The van der Waals surface area contributed by atoms with Crippen molar-refractivity contribution >= 4 is 17.5 Å². The molecule has 0 aliphatic carbocycles. The molecule has 2 aromatic carbocycles. The fraction of sp³-hybridized carbons (Fsp3) is 0.458. The van der Waals surface area contributed by atoms with Gasteiger partial charge in [-0.3, -0.25) is 20.2 Å². The van der Waals surface area contributed by atoms with Crippen molar-refractivity contribution in [2.45, 2.75) is 45.3 Å². The summed E-state index contributed by atoms with van der Waals surface area (Å²) in [6.07, 6.45) is 0.982. The van der Waals surface area contributed by atoms with Crippen LogP contribution in [0.5, 0.6) is 11.5 Å². The number of benzene rings is 2. The van der Waals surface area contributed by atoms with E-state index in [1.165, 1.54) is 36.4 Å². The maximum Gasteiger partial charge on any atom is 0.410 e. The van der Waals surface area contributed by atoms with Crippen LogP contribution in [0.1, 0.15) is 33.6 Å². The van der Waals surface area contributed by atoms with E-state index in [9.17, 15) is 25.0 Å². The summed E-state index contributed by atoms with van der Waals surface area (Å²) in [5.74, 6) is 1.03. The third kappa shape index (κ3) is 7.56. The molecule has 1 saturated heterocycles. The van der Waals surface area contributed by atoms with Crippen LogP contribution in [0.3, 0.4) is 0 Å². The SMILES string of the molecule is CC(C)(C)OC(=O)N1CC(COc2ccc([N+](=O)[O-])cc2)CCC1COc1ccc([N+](=O)[O-])cc1. The van der Waals surface area contributed by atoms with Crippen LogP contribution in [0.4, 0.5) is 16.2 Å². The van der Waals surface area contributed by atoms with Crippen LogP contribution in [0, 0.1) is 26.1 Å². The second kappa shape index (κ2) is 11.0. The van der Waals surface area contributed by atoms with Crippen LogP contribution in [-0.4, -0.2) is 52.2 Å². The van der Waals surface area contributed by atoms with E-state index in [4.69, 9.17) is 14.2 Å². The lowest BCUT2D eigenvalue weighted by Crippen LogP contribution is -2.51. The van der Waals surface area contributed by atoms with Gasteiger partial charge in [0.1, 0.15) is 23.7 Å². The third-order valence-electron chi connectivity index (χ3n) is 5.45. The van der Waals surface area contributed by atoms with E-state index in [1.807, 2.05) is 0 Å². The minimum absolute atomic E-state index is 0.0121. The Kier molecular flexibility index (Phi) is 8.10. The van der Waals surface area contributed by atoms with Crippen molar-refractivity contribution < 1.29 is 28.9 Å². The molecule has 0 bridgehead atoms. The Hall–Kier alpha value is -3.89. The summed E-state index contributed by atoms with van der Waals surface area (Å²) in [7, 11) is 0. The van der Waals surface area contributed by atoms with Gasteiger partial charge in [0, 0.05) is 36.7 Å². The summed E-state index contributed by atoms with van der Waals surface area (Å²) in [4.78, 5) is 35.3. The summed E-state index contributed by atoms with van der Waals surface area (Å²) < 4.78 is 17.2. The van der Waals surface area contributed by atoms with Crippen LogP contribution in [0.2, 0.25) is 0 Å². The summed E-state index contributed by atoms with van der Waals surface area (Å²) in [6, 6.07) is 11.4. The normalized spacial score (nSPS) is 18.0. The molecule has 0 N–H and O–H groups in total. The zero-order chi connectivity index (χ0) is 25.6. The molecule has 1 aliphatic rings. The number of likely N-dealkylation sites (tertiary alicyclic amines) is 1. The van der Waals surface area contributed by atoms with Gasteiger partial charge in [-0.05, 0) is 57.9 Å². The highest BCUT2D eigenvalue weighted by Crippen LogP contribution is 2.27. The van der Waals surface area contributed by atoms with E-state index >= 15 is 0 Å². The lowest BCUT2D eigenvalue weighted by molar-refractivity contribution is -0.385. The number of hydrogen-bond donors (Lipinski definition) is 0. The molecular formula is C24H29N3O8. The van der Waals surface area contributed by atoms with Crippen molar-refractivity contribution in [2.24, 2.45) is 5.92 Å². The second-order valence-corrected chi connectivity index (χ2v) is 9.35. The molecule has 1 heterocycles. The average molecular weight is 488 g/mol. The van der Waals surface area contributed by atoms with Crippen molar-refractivity contribution in [3.05, 3.63) is 68.8 Å². The minimum atomic E-state index is -0.664. The molecule has 11 heteroatoms. The van der Waals surface area contributed by atoms with Crippen molar-refractivity contribution in [1.82, 2.24) is 4.90 Å². The van der Waals surface area contributed by atoms with E-state index in [0.717, 1.165) is 6.42 Å². The molecule has 1 aliphatic heterocycles. The van der Waals surface area contributed by atoms with Crippen LogP contribution in [0.25, 0.3) is 0 Å². The number of nitro groups is 2. The van der Waals surface area contributed by atoms with E-state index in [0.29, 0.717) is 31.1 Å². The van der Waals surface area contributed by atoms with Crippen LogP contribution >= 0.6 is 0 Å². The van der Waals surface area contributed by atoms with Crippen molar-refractivity contribution in [3.8, 4) is 11.5 Å². The van der Waals surface area contributed by atoms with Gasteiger partial charge in [0.25, 0.3) is 11.4 Å². The predicted octanol–water partition coefficient (Wildman–Crippen LogP) is 4.98. The molecule has 1 fully saturated rings. The van der Waals surface area contributed by atoms with Gasteiger partial charge in [0.2, 0.25) is 0 Å². The first-order valence-electron chi connectivity index (χ1n) is 11.3. The molecule has 0 aromatic heterocycles. The lowest BCUT2D eigenvalue weighted by atomic mass is 9.94. The highest BCUT2D eigenvalue weighted by atomic mass is 16.6. The highest BCUT2D eigenvalue weighted by molar-refractivity contribution is 5.68. The minimum Gasteiger partial charge on any atom is -0.493 e. The van der Waals surface area contributed by atoms with Gasteiger partial charge < -0.3 is 19.1 Å². The maximum absolute atomic E-state index is 12.9. The molecule has 0 saturated carbocycles. The summed E-state index contributed by atoms with van der Waals surface area (Å²) in [5.41, 5.74) is -0.702. The summed E-state index contributed by atoms with van der Waals surface area (Å²) in [5, 5.41) is 21.6. The number of nitro benzene ring substituents is 2. The number of hydrogen-bond acceptors (Lipinski definition) is 8. The molecule has 2 aromatic rings. The first kappa shape index (κ1) is 25.7. The number of non-ortho nitro benzene ring substituents is 2. The van der Waals surface area contributed by atoms with E-state index < -0.39 is 21.5 Å². The number of amides is 1. The first-order valence-corrected chi connectivity index (χ1v) is 11.3. The molecule has 3 rings (SSSR count). The fourth-order valence-corrected chi connectivity index (χ4v) is 3.69. The van der Waals surface area contributed by atoms with Gasteiger partial charge in [0.15, 0.2) is 0 Å². The Morgan fingerprint density at radius 2 is 1.37 bits per heavy atom. The number of piperidine rings is 1. The van der Waals surface area contributed by atoms with E-state index in [2.05, 4.69) is 0 Å². The second-order valence-electron chi connectivity index (χ2n) is 9.35. The third-order valence-corrected chi connectivity index (χ3v) is 5.45. The Morgan fingerprint density at radius 3 is 1.83 bits per heavy atom. The maximum atomic E-state index is 12.9. The smallest absolute Gasteiger partial charge is 0.410 e. The van der Waals surface area contributed by atoms with Crippen LogP contribution in [-0.2, 0) is 4.74 Å². The summed E-state index contributed by atoms with van der Waals surface area (Å²) >= 11 is 0. The zero-order valence-electron chi connectivity index (χ0n) is 19.9. The zero-order valence-corrected chi connectivity index (χ0v) is 19.9. The molecule has 1 amide bonds. The molecule has 11 nitrogen and oxygen atoms in total. The average Bonchev–Trinajstić information content (AvgIpc) is 2.81. The number of carbonyl (C=O) groups excluding carboxylic acids is 1. The van der Waals surface area contributed by atoms with Gasteiger partial charge >= 0.3 is 6.09 Å². The first-order chi connectivity index (χ1) is 16.5. The predicted molar refractivity (Wildman–Crippen MR) is 127 cm³/mol. The van der Waals surface area contributed by atoms with Gasteiger partial charge in [-0.2, -0.15) is 0 Å². The lowest BCUT2D eigenvalue weighted by Gasteiger charge is -2.39. The van der Waals surface area contributed by atoms with Gasteiger partial charge in [0.05, 0.1) is 22.5 Å². The quantitative estimate of drug-likeness (QED) is 0.376. The number of nitrogens with zero attached hydrogens (tertiary/aromatic N) is 3. The Morgan fingerprint density at radius 1 is 0.886 bits per heavy atom. The Balaban J connectivity index is 1.62. The van der Waals surface area contributed by atoms with E-state index in [1.54, 1.807) is 37.8 Å². The monoisotopic (exact) mass is 487 g/mol. The largest absolute Gasteiger partial charge is 0.493 e. The van der Waals surface area contributed by atoms with Crippen molar-refractivity contribution in [3.63, 3.8) is 0 Å². The van der Waals surface area contributed by atoms with E-state index in [-0.39, 0.29) is 29.9 Å². The highest BCUT2D eigenvalue weighted by Gasteiger charge is 2.35. The summed E-state index contributed by atoms with van der Waals surface area (Å²) in [6.45, 7) is 6.35. The molecule has 0 spiro atoms. The number of rotatable bonds is 8. The van der Waals surface area contributed by atoms with Crippen LogP contribution < -0.4 is 9.47 Å². The van der Waals surface area contributed by atoms with Crippen molar-refractivity contribution in [2.75, 3.05) is 19.8 Å². The standard InChI is InChI=1S/C24H29N3O8/c1-24(2,3)35-23(28)25-14-17(15-33-21-10-6-18(7-11-21)26(29)30)4-5-20(25)16-34-22-12-8-19(9-13-22)27(31)32/h6-13,17,20H,4-5,14-16H2,1-3H3.